The van der Waals surface area contributed by atoms with E-state index >= 15 is 0 Å². The molecular formula is C28H30BrN3O5S. The third kappa shape index (κ3) is 6.93. The number of carbonyl (C=O) groups excluding carboxylic acids is 2. The highest BCUT2D eigenvalue weighted by Gasteiger charge is 2.27. The number of nitrogens with one attached hydrogen (secondary N) is 1. The van der Waals surface area contributed by atoms with Gasteiger partial charge in [0.1, 0.15) is 12.3 Å². The lowest BCUT2D eigenvalue weighted by Crippen LogP contribution is -2.40. The van der Waals surface area contributed by atoms with E-state index in [1.165, 1.54) is 12.1 Å². The Morgan fingerprint density at radius 1 is 1.00 bits per heavy atom. The fourth-order valence-corrected chi connectivity index (χ4v) is 5.85. The van der Waals surface area contributed by atoms with E-state index in [1.807, 2.05) is 36.1 Å². The van der Waals surface area contributed by atoms with Gasteiger partial charge in [0, 0.05) is 30.5 Å². The van der Waals surface area contributed by atoms with Crippen LogP contribution in [0.5, 0.6) is 5.75 Å². The summed E-state index contributed by atoms with van der Waals surface area (Å²) in [5.41, 5.74) is 2.25. The molecule has 0 aromatic heterocycles. The van der Waals surface area contributed by atoms with E-state index in [4.69, 9.17) is 4.74 Å². The lowest BCUT2D eigenvalue weighted by Gasteiger charge is -2.24. The first-order valence-electron chi connectivity index (χ1n) is 12.4. The number of hydrogen-bond donors (Lipinski definition) is 1. The highest BCUT2D eigenvalue weighted by atomic mass is 79.9. The Morgan fingerprint density at radius 3 is 2.26 bits per heavy atom. The maximum atomic E-state index is 13.5. The highest BCUT2D eigenvalue weighted by molar-refractivity contribution is 9.10. The molecule has 1 heterocycles. The lowest BCUT2D eigenvalue weighted by molar-refractivity contribution is -0.128. The summed E-state index contributed by atoms with van der Waals surface area (Å²) in [5, 5.41) is 2.82. The van der Waals surface area contributed by atoms with Gasteiger partial charge in [-0.15, -0.1) is 0 Å². The molecule has 1 aliphatic rings. The van der Waals surface area contributed by atoms with E-state index in [-0.39, 0.29) is 23.9 Å². The molecule has 0 unspecified atom stereocenters. The molecule has 8 nitrogen and oxygen atoms in total. The normalized spacial score (nSPS) is 13.4. The van der Waals surface area contributed by atoms with Crippen molar-refractivity contribution in [3.05, 3.63) is 88.4 Å². The zero-order valence-electron chi connectivity index (χ0n) is 21.1. The first-order valence-corrected chi connectivity index (χ1v) is 14.6. The summed E-state index contributed by atoms with van der Waals surface area (Å²) in [6.07, 6.45) is 1.50. The van der Waals surface area contributed by atoms with Gasteiger partial charge < -0.3 is 15.0 Å². The van der Waals surface area contributed by atoms with Crippen LogP contribution in [0, 0.1) is 0 Å². The maximum absolute atomic E-state index is 13.5. The van der Waals surface area contributed by atoms with Gasteiger partial charge in [-0.3, -0.25) is 13.9 Å². The lowest BCUT2D eigenvalue weighted by atomic mass is 10.1. The van der Waals surface area contributed by atoms with Gasteiger partial charge in [-0.05, 0) is 73.0 Å². The third-order valence-electron chi connectivity index (χ3n) is 6.18. The Hall–Kier alpha value is -3.37. The maximum Gasteiger partial charge on any atom is 0.264 e. The number of amides is 2. The molecule has 1 N–H and O–H groups in total. The second kappa shape index (κ2) is 12.4. The SMILES string of the molecule is CCOc1ccc(N(CC(=O)NCc2ccc(CN3CCCC3=O)cc2)S(=O)(=O)c2ccc(Br)cc2)cc1. The molecule has 0 radical (unpaired) electrons. The van der Waals surface area contributed by atoms with Crippen LogP contribution in [0.15, 0.2) is 82.2 Å². The molecule has 1 fully saturated rings. The summed E-state index contributed by atoms with van der Waals surface area (Å²) in [5.74, 6) is 0.349. The molecule has 0 aliphatic carbocycles. The van der Waals surface area contributed by atoms with Crippen molar-refractivity contribution in [2.24, 2.45) is 0 Å². The molecule has 4 rings (SSSR count). The number of benzene rings is 3. The number of likely N-dealkylation sites (tertiary alicyclic amines) is 1. The molecule has 1 aliphatic heterocycles. The number of anilines is 1. The topological polar surface area (TPSA) is 96.0 Å². The van der Waals surface area contributed by atoms with Crippen molar-refractivity contribution in [2.75, 3.05) is 24.0 Å². The van der Waals surface area contributed by atoms with Crippen LogP contribution >= 0.6 is 15.9 Å². The quantitative estimate of drug-likeness (QED) is 0.350. The number of halogens is 1. The molecule has 2 amide bonds. The average Bonchev–Trinajstić information content (AvgIpc) is 3.32. The van der Waals surface area contributed by atoms with Gasteiger partial charge in [-0.2, -0.15) is 0 Å². The minimum Gasteiger partial charge on any atom is -0.494 e. The second-order valence-electron chi connectivity index (χ2n) is 8.90. The van der Waals surface area contributed by atoms with Crippen molar-refractivity contribution < 1.29 is 22.7 Å². The van der Waals surface area contributed by atoms with Crippen molar-refractivity contribution >= 4 is 43.5 Å². The fraction of sp³-hybridized carbons (Fsp3) is 0.286. The van der Waals surface area contributed by atoms with Gasteiger partial charge in [0.05, 0.1) is 17.2 Å². The first-order chi connectivity index (χ1) is 18.3. The van der Waals surface area contributed by atoms with Crippen LogP contribution in [0.2, 0.25) is 0 Å². The van der Waals surface area contributed by atoms with Crippen LogP contribution in [-0.2, 0) is 32.7 Å². The second-order valence-corrected chi connectivity index (χ2v) is 11.7. The summed E-state index contributed by atoms with van der Waals surface area (Å²) in [6, 6.07) is 20.6. The summed E-state index contributed by atoms with van der Waals surface area (Å²) < 4.78 is 34.4. The van der Waals surface area contributed by atoms with Crippen LogP contribution in [0.3, 0.4) is 0 Å². The number of nitrogens with zero attached hydrogens (tertiary/aromatic N) is 2. The Balaban J connectivity index is 1.45. The summed E-state index contributed by atoms with van der Waals surface area (Å²) in [6.45, 7) is 3.57. The molecule has 3 aromatic rings. The van der Waals surface area contributed by atoms with Gasteiger partial charge in [-0.25, -0.2) is 8.42 Å². The van der Waals surface area contributed by atoms with Crippen molar-refractivity contribution in [1.29, 1.82) is 0 Å². The Morgan fingerprint density at radius 2 is 1.66 bits per heavy atom. The monoisotopic (exact) mass is 599 g/mol. The van der Waals surface area contributed by atoms with E-state index in [9.17, 15) is 18.0 Å². The molecular weight excluding hydrogens is 570 g/mol. The van der Waals surface area contributed by atoms with E-state index in [2.05, 4.69) is 21.2 Å². The van der Waals surface area contributed by atoms with E-state index in [0.29, 0.717) is 31.0 Å². The van der Waals surface area contributed by atoms with Crippen LogP contribution < -0.4 is 14.4 Å². The summed E-state index contributed by atoms with van der Waals surface area (Å²) in [7, 11) is -4.02. The van der Waals surface area contributed by atoms with Gasteiger partial charge in [0.15, 0.2) is 0 Å². The zero-order chi connectivity index (χ0) is 27.1. The van der Waals surface area contributed by atoms with Gasteiger partial charge in [-0.1, -0.05) is 40.2 Å². The molecule has 0 atom stereocenters. The smallest absolute Gasteiger partial charge is 0.264 e. The Labute approximate surface area is 231 Å². The predicted molar refractivity (Wildman–Crippen MR) is 149 cm³/mol. The molecule has 10 heteroatoms. The van der Waals surface area contributed by atoms with Crippen molar-refractivity contribution in [1.82, 2.24) is 10.2 Å². The van der Waals surface area contributed by atoms with Crippen molar-refractivity contribution in [3.8, 4) is 5.75 Å². The van der Waals surface area contributed by atoms with Crippen molar-refractivity contribution in [2.45, 2.75) is 37.8 Å². The Bertz CT molecular complexity index is 1360. The molecule has 38 heavy (non-hydrogen) atoms. The average molecular weight is 601 g/mol. The standard InChI is InChI=1S/C28H30BrN3O5S/c1-2-37-25-13-11-24(12-14-25)32(38(35,36)26-15-9-23(29)10-16-26)20-27(33)30-18-21-5-7-22(8-6-21)19-31-17-3-4-28(31)34/h5-16H,2-4,17-20H2,1H3,(H,30,33). The van der Waals surface area contributed by atoms with Gasteiger partial charge in [0.2, 0.25) is 11.8 Å². The third-order valence-corrected chi connectivity index (χ3v) is 8.50. The molecule has 0 spiro atoms. The molecule has 200 valence electrons. The number of ether oxygens (including phenoxy) is 1. The number of hydrogen-bond acceptors (Lipinski definition) is 5. The zero-order valence-corrected chi connectivity index (χ0v) is 23.5. The van der Waals surface area contributed by atoms with Gasteiger partial charge in [0.25, 0.3) is 10.0 Å². The minimum absolute atomic E-state index is 0.0782. The van der Waals surface area contributed by atoms with Crippen LogP contribution in [-0.4, -0.2) is 44.8 Å². The largest absolute Gasteiger partial charge is 0.494 e. The number of carbonyl (C=O) groups is 2. The number of sulfonamides is 1. The van der Waals surface area contributed by atoms with E-state index in [1.54, 1.807) is 36.4 Å². The number of rotatable bonds is 11. The summed E-state index contributed by atoms with van der Waals surface area (Å²) >= 11 is 3.32. The first kappa shape index (κ1) is 27.7. The van der Waals surface area contributed by atoms with Crippen LogP contribution in [0.25, 0.3) is 0 Å². The molecule has 0 saturated carbocycles. The molecule has 3 aromatic carbocycles. The fourth-order valence-electron chi connectivity index (χ4n) is 4.17. The van der Waals surface area contributed by atoms with E-state index < -0.39 is 15.9 Å². The van der Waals surface area contributed by atoms with Crippen LogP contribution in [0.1, 0.15) is 30.9 Å². The van der Waals surface area contributed by atoms with Gasteiger partial charge >= 0.3 is 0 Å². The summed E-state index contributed by atoms with van der Waals surface area (Å²) in [4.78, 5) is 26.7. The predicted octanol–water partition coefficient (Wildman–Crippen LogP) is 4.48. The molecule has 0 bridgehead atoms. The van der Waals surface area contributed by atoms with Crippen molar-refractivity contribution in [3.63, 3.8) is 0 Å². The minimum atomic E-state index is -4.02. The van der Waals surface area contributed by atoms with E-state index in [0.717, 1.165) is 32.9 Å². The molecule has 1 saturated heterocycles. The Kier molecular flexibility index (Phi) is 9.06. The van der Waals surface area contributed by atoms with Crippen LogP contribution in [0.4, 0.5) is 5.69 Å². The highest BCUT2D eigenvalue weighted by Crippen LogP contribution is 2.26.